The number of hydrogen-bond donors (Lipinski definition) is 1. The van der Waals surface area contributed by atoms with Crippen molar-refractivity contribution in [3.05, 3.63) is 34.4 Å². The Morgan fingerprint density at radius 2 is 2.29 bits per heavy atom. The Labute approximate surface area is 123 Å². The smallest absolute Gasteiger partial charge is 0.350 e. The number of non-ortho nitro benzene ring substituents is 1. The second-order valence-corrected chi connectivity index (χ2v) is 2.40. The third kappa shape index (κ3) is 4.29. The molecule has 0 aliphatic rings. The maximum Gasteiger partial charge on any atom is 1.00 e. The maximum absolute atomic E-state index is 10.6. The molecule has 1 aromatic rings. The van der Waals surface area contributed by atoms with Crippen LogP contribution in [0.2, 0.25) is 0 Å². The first-order valence-electron chi connectivity index (χ1n) is 3.53. The zero-order chi connectivity index (χ0) is 9.84. The standard InChI is InChI=1S/C8H7N2O3.K/c1-6(11)9-7-3-2-4-8(5-7)10(12)13;/h2,4-5H,1H3,(H,9,11);/q-1;+1. The summed E-state index contributed by atoms with van der Waals surface area (Å²) in [7, 11) is 0. The molecule has 14 heavy (non-hydrogen) atoms. The van der Waals surface area contributed by atoms with E-state index in [1.165, 1.54) is 25.1 Å². The molecule has 0 spiro atoms. The zero-order valence-electron chi connectivity index (χ0n) is 7.90. The molecule has 0 aliphatic carbocycles. The predicted octanol–water partition coefficient (Wildman–Crippen LogP) is -1.64. The van der Waals surface area contributed by atoms with Gasteiger partial charge in [-0.1, -0.05) is 17.8 Å². The fraction of sp³-hybridized carbons (Fsp3) is 0.125. The number of nitro groups is 1. The molecule has 0 atom stereocenters. The van der Waals surface area contributed by atoms with Gasteiger partial charge in [-0.2, -0.15) is 12.1 Å². The van der Waals surface area contributed by atoms with Crippen LogP contribution in [-0.4, -0.2) is 10.8 Å². The van der Waals surface area contributed by atoms with Crippen molar-refractivity contribution in [2.75, 3.05) is 5.32 Å². The number of amides is 1. The van der Waals surface area contributed by atoms with Crippen LogP contribution in [0.3, 0.4) is 0 Å². The second-order valence-electron chi connectivity index (χ2n) is 2.40. The van der Waals surface area contributed by atoms with Gasteiger partial charge in [0.05, 0.1) is 0 Å². The monoisotopic (exact) mass is 218 g/mol. The normalized spacial score (nSPS) is 8.64. The number of hydrogen-bond acceptors (Lipinski definition) is 3. The van der Waals surface area contributed by atoms with Crippen molar-refractivity contribution in [2.45, 2.75) is 6.92 Å². The summed E-state index contributed by atoms with van der Waals surface area (Å²) >= 11 is 0. The Morgan fingerprint density at radius 3 is 2.79 bits per heavy atom. The molecule has 0 aromatic heterocycles. The molecule has 1 N–H and O–H groups in total. The van der Waals surface area contributed by atoms with Crippen molar-refractivity contribution >= 4 is 17.3 Å². The van der Waals surface area contributed by atoms with E-state index in [9.17, 15) is 14.9 Å². The minimum atomic E-state index is -0.529. The number of benzene rings is 1. The van der Waals surface area contributed by atoms with Crippen molar-refractivity contribution in [3.8, 4) is 0 Å². The van der Waals surface area contributed by atoms with E-state index < -0.39 is 4.92 Å². The van der Waals surface area contributed by atoms with Gasteiger partial charge in [0.1, 0.15) is 0 Å². The summed E-state index contributed by atoms with van der Waals surface area (Å²) in [5.74, 6) is -0.281. The van der Waals surface area contributed by atoms with E-state index in [1.54, 1.807) is 0 Å². The van der Waals surface area contributed by atoms with Crippen LogP contribution in [0.5, 0.6) is 0 Å². The van der Waals surface area contributed by atoms with Crippen molar-refractivity contribution in [3.63, 3.8) is 0 Å². The van der Waals surface area contributed by atoms with Gasteiger partial charge in [0.25, 0.3) is 0 Å². The molecule has 5 nitrogen and oxygen atoms in total. The van der Waals surface area contributed by atoms with E-state index >= 15 is 0 Å². The summed E-state index contributed by atoms with van der Waals surface area (Å²) in [5, 5.41) is 12.7. The van der Waals surface area contributed by atoms with Gasteiger partial charge in [-0.25, -0.2) is 0 Å². The number of carbonyl (C=O) groups is 1. The summed E-state index contributed by atoms with van der Waals surface area (Å²) in [4.78, 5) is 20.4. The van der Waals surface area contributed by atoms with Crippen LogP contribution in [0, 0.1) is 16.2 Å². The first-order valence-corrected chi connectivity index (χ1v) is 3.53. The summed E-state index contributed by atoms with van der Waals surface area (Å²) < 4.78 is 0. The Morgan fingerprint density at radius 1 is 1.64 bits per heavy atom. The number of nitro benzene ring substituents is 1. The van der Waals surface area contributed by atoms with Crippen molar-refractivity contribution in [1.29, 1.82) is 0 Å². The second kappa shape index (κ2) is 6.26. The summed E-state index contributed by atoms with van der Waals surface area (Å²) in [6.45, 7) is 1.33. The molecule has 0 radical (unpaired) electrons. The van der Waals surface area contributed by atoms with Gasteiger partial charge in [-0.3, -0.25) is 14.9 Å². The first-order chi connectivity index (χ1) is 6.09. The van der Waals surface area contributed by atoms with Crippen LogP contribution >= 0.6 is 0 Å². The van der Waals surface area contributed by atoms with Gasteiger partial charge in [0, 0.05) is 11.8 Å². The van der Waals surface area contributed by atoms with Crippen molar-refractivity contribution in [2.24, 2.45) is 0 Å². The number of rotatable bonds is 2. The fourth-order valence-corrected chi connectivity index (χ4v) is 0.830. The van der Waals surface area contributed by atoms with Gasteiger partial charge in [-0.05, 0) is 0 Å². The zero-order valence-corrected chi connectivity index (χ0v) is 11.0. The predicted molar refractivity (Wildman–Crippen MR) is 46.2 cm³/mol. The Kier molecular flexibility index (Phi) is 6.13. The molecule has 0 aliphatic heterocycles. The maximum atomic E-state index is 10.6. The number of nitrogens with zero attached hydrogens (tertiary/aromatic N) is 1. The third-order valence-electron chi connectivity index (χ3n) is 1.31. The largest absolute Gasteiger partial charge is 1.00 e. The minimum absolute atomic E-state index is 0. The van der Waals surface area contributed by atoms with Crippen LogP contribution in [0.1, 0.15) is 6.92 Å². The molecule has 0 heterocycles. The molecule has 1 aromatic carbocycles. The van der Waals surface area contributed by atoms with Gasteiger partial charge >= 0.3 is 51.4 Å². The third-order valence-corrected chi connectivity index (χ3v) is 1.31. The van der Waals surface area contributed by atoms with E-state index in [4.69, 9.17) is 0 Å². The fourth-order valence-electron chi connectivity index (χ4n) is 0.830. The summed E-state index contributed by atoms with van der Waals surface area (Å²) in [6.07, 6.45) is 0. The van der Waals surface area contributed by atoms with Gasteiger partial charge in [0.15, 0.2) is 5.69 Å². The molecule has 0 bridgehead atoms. The molecule has 0 unspecified atom stereocenters. The molecule has 68 valence electrons. The first kappa shape index (κ1) is 13.7. The SMILES string of the molecule is CC(=O)Nc1[c-]ccc([N+](=O)[O-])c1.[K+]. The van der Waals surface area contributed by atoms with E-state index in [0.29, 0.717) is 5.69 Å². The van der Waals surface area contributed by atoms with Gasteiger partial charge in [-0.15, -0.1) is 0 Å². The van der Waals surface area contributed by atoms with Crippen LogP contribution in [0.15, 0.2) is 18.2 Å². The van der Waals surface area contributed by atoms with Crippen molar-refractivity contribution in [1.82, 2.24) is 0 Å². The van der Waals surface area contributed by atoms with Crippen LogP contribution in [-0.2, 0) is 4.79 Å². The van der Waals surface area contributed by atoms with Gasteiger partial charge < -0.3 is 5.32 Å². The average Bonchev–Trinajstić information content (AvgIpc) is 2.03. The Bertz CT molecular complexity index is 354. The Balaban J connectivity index is 0.00000169. The van der Waals surface area contributed by atoms with E-state index in [2.05, 4.69) is 11.4 Å². The van der Waals surface area contributed by atoms with E-state index in [1.807, 2.05) is 0 Å². The molecule has 0 fully saturated rings. The van der Waals surface area contributed by atoms with E-state index in [0.717, 1.165) is 0 Å². The molecule has 1 amide bonds. The molecule has 0 saturated heterocycles. The molecular weight excluding hydrogens is 211 g/mol. The summed E-state index contributed by atoms with van der Waals surface area (Å²) in [6, 6.07) is 6.61. The molecule has 1 rings (SSSR count). The number of carbonyl (C=O) groups excluding carboxylic acids is 1. The quantitative estimate of drug-likeness (QED) is 0.280. The van der Waals surface area contributed by atoms with E-state index in [-0.39, 0.29) is 63.0 Å². The Hall–Kier alpha value is -0.274. The van der Waals surface area contributed by atoms with Crippen LogP contribution < -0.4 is 56.7 Å². The number of nitrogens with one attached hydrogen (secondary N) is 1. The van der Waals surface area contributed by atoms with Gasteiger partial charge in [0.2, 0.25) is 5.91 Å². The molecule has 6 heteroatoms. The van der Waals surface area contributed by atoms with Crippen LogP contribution in [0.25, 0.3) is 0 Å². The minimum Gasteiger partial charge on any atom is -0.350 e. The molecule has 0 saturated carbocycles. The van der Waals surface area contributed by atoms with Crippen molar-refractivity contribution < 1.29 is 61.1 Å². The topological polar surface area (TPSA) is 72.2 Å². The summed E-state index contributed by atoms with van der Waals surface area (Å²) in [5.41, 5.74) is 0.240. The average molecular weight is 218 g/mol. The van der Waals surface area contributed by atoms with Crippen LogP contribution in [0.4, 0.5) is 11.4 Å². The molecular formula is C8H7KN2O3. The number of anilines is 1.